The van der Waals surface area contributed by atoms with Crippen LogP contribution >= 0.6 is 0 Å². The Bertz CT molecular complexity index is 580. The van der Waals surface area contributed by atoms with E-state index in [1.165, 1.54) is 75.0 Å². The first kappa shape index (κ1) is 20.5. The van der Waals surface area contributed by atoms with Gasteiger partial charge in [0.05, 0.1) is 6.07 Å². The van der Waals surface area contributed by atoms with Gasteiger partial charge in [-0.3, -0.25) is 0 Å². The molecule has 1 fully saturated rings. The lowest BCUT2D eigenvalue weighted by atomic mass is 9.78. The summed E-state index contributed by atoms with van der Waals surface area (Å²) in [4.78, 5) is 0. The zero-order valence-corrected chi connectivity index (χ0v) is 16.5. The predicted octanol–water partition coefficient (Wildman–Crippen LogP) is 7.18. The van der Waals surface area contributed by atoms with Gasteiger partial charge in [0.15, 0.2) is 0 Å². The maximum atomic E-state index is 8.44. The molecular formula is C25H35N. The standard InChI is InChI=1S/C25H35N/c1-2-22-13-15-24(16-14-22)11-7-8-12-25-19-17-23(18-20-25)10-6-4-3-5-9-21-26/h3-5,9,13-16,23,25H,2,6-8,10-12,17-20H2,1H3/b4-3+,9-5+/t23-,25-. The highest BCUT2D eigenvalue weighted by Crippen LogP contribution is 2.34. The van der Waals surface area contributed by atoms with Crippen molar-refractivity contribution in [2.75, 3.05) is 0 Å². The molecule has 0 N–H and O–H groups in total. The number of hydrogen-bond acceptors (Lipinski definition) is 1. The van der Waals surface area contributed by atoms with Gasteiger partial charge in [0.2, 0.25) is 0 Å². The second-order valence-corrected chi connectivity index (χ2v) is 7.80. The third kappa shape index (κ3) is 8.05. The van der Waals surface area contributed by atoms with E-state index in [1.807, 2.05) is 18.2 Å². The van der Waals surface area contributed by atoms with E-state index in [0.717, 1.165) is 24.7 Å². The predicted molar refractivity (Wildman–Crippen MR) is 112 cm³/mol. The smallest absolute Gasteiger partial charge is 0.0912 e. The zero-order valence-electron chi connectivity index (χ0n) is 16.5. The molecule has 0 heterocycles. The third-order valence-electron chi connectivity index (χ3n) is 5.88. The lowest BCUT2D eigenvalue weighted by molar-refractivity contribution is 0.250. The van der Waals surface area contributed by atoms with Crippen LogP contribution in [0, 0.1) is 23.2 Å². The molecule has 1 heteroatoms. The number of rotatable bonds is 10. The molecule has 0 spiro atoms. The molecule has 0 atom stereocenters. The van der Waals surface area contributed by atoms with Gasteiger partial charge < -0.3 is 0 Å². The highest BCUT2D eigenvalue weighted by Gasteiger charge is 2.20. The van der Waals surface area contributed by atoms with Crippen LogP contribution in [0.15, 0.2) is 48.6 Å². The first-order valence-electron chi connectivity index (χ1n) is 10.6. The van der Waals surface area contributed by atoms with E-state index < -0.39 is 0 Å². The molecule has 0 amide bonds. The summed E-state index contributed by atoms with van der Waals surface area (Å²) in [5.41, 5.74) is 2.95. The van der Waals surface area contributed by atoms with Crippen LogP contribution in [0.5, 0.6) is 0 Å². The van der Waals surface area contributed by atoms with E-state index in [0.29, 0.717) is 0 Å². The SMILES string of the molecule is CCc1ccc(CCCC[C@H]2CC[C@H](CC/C=C/C=C/C#N)CC2)cc1. The van der Waals surface area contributed by atoms with Gasteiger partial charge in [-0.05, 0) is 55.1 Å². The maximum absolute atomic E-state index is 8.44. The van der Waals surface area contributed by atoms with Crippen molar-refractivity contribution in [3.8, 4) is 6.07 Å². The van der Waals surface area contributed by atoms with Gasteiger partial charge in [0, 0.05) is 6.08 Å². The van der Waals surface area contributed by atoms with Crippen LogP contribution in [0.1, 0.15) is 75.8 Å². The van der Waals surface area contributed by atoms with Crippen molar-refractivity contribution < 1.29 is 0 Å². The Balaban J connectivity index is 1.52. The fourth-order valence-corrected chi connectivity index (χ4v) is 4.12. The molecule has 1 aliphatic rings. The summed E-state index contributed by atoms with van der Waals surface area (Å²) in [5, 5.41) is 8.44. The van der Waals surface area contributed by atoms with Crippen molar-refractivity contribution in [3.05, 3.63) is 59.7 Å². The van der Waals surface area contributed by atoms with E-state index in [4.69, 9.17) is 5.26 Å². The summed E-state index contributed by atoms with van der Waals surface area (Å²) in [6.07, 6.45) is 22.3. The van der Waals surface area contributed by atoms with E-state index >= 15 is 0 Å². The highest BCUT2D eigenvalue weighted by molar-refractivity contribution is 5.22. The summed E-state index contributed by atoms with van der Waals surface area (Å²) in [6.45, 7) is 2.22. The molecule has 0 aliphatic heterocycles. The number of unbranched alkanes of at least 4 members (excludes halogenated alkanes) is 1. The molecule has 1 aliphatic carbocycles. The molecule has 2 rings (SSSR count). The fraction of sp³-hybridized carbons (Fsp3) is 0.560. The molecule has 26 heavy (non-hydrogen) atoms. The van der Waals surface area contributed by atoms with Crippen LogP contribution in [0.25, 0.3) is 0 Å². The fourth-order valence-electron chi connectivity index (χ4n) is 4.12. The Morgan fingerprint density at radius 3 is 2.23 bits per heavy atom. The first-order valence-corrected chi connectivity index (χ1v) is 10.6. The molecule has 1 aromatic rings. The summed E-state index contributed by atoms with van der Waals surface area (Å²) in [5.74, 6) is 1.90. The largest absolute Gasteiger partial charge is 0.193 e. The van der Waals surface area contributed by atoms with Gasteiger partial charge in [0.25, 0.3) is 0 Å². The van der Waals surface area contributed by atoms with Crippen molar-refractivity contribution in [2.45, 2.75) is 77.6 Å². The van der Waals surface area contributed by atoms with Gasteiger partial charge in [-0.25, -0.2) is 0 Å². The van der Waals surface area contributed by atoms with Gasteiger partial charge in [-0.15, -0.1) is 0 Å². The Hall–Kier alpha value is -1.81. The molecular weight excluding hydrogens is 314 g/mol. The molecule has 0 unspecified atom stereocenters. The van der Waals surface area contributed by atoms with Gasteiger partial charge >= 0.3 is 0 Å². The third-order valence-corrected chi connectivity index (χ3v) is 5.88. The van der Waals surface area contributed by atoms with Crippen LogP contribution in [-0.4, -0.2) is 0 Å². The summed E-state index contributed by atoms with van der Waals surface area (Å²) in [7, 11) is 0. The normalized spacial score (nSPS) is 20.6. The van der Waals surface area contributed by atoms with Crippen molar-refractivity contribution in [1.82, 2.24) is 0 Å². The van der Waals surface area contributed by atoms with Crippen LogP contribution in [-0.2, 0) is 12.8 Å². The summed E-state index contributed by atoms with van der Waals surface area (Å²) >= 11 is 0. The highest BCUT2D eigenvalue weighted by atomic mass is 14.3. The molecule has 1 saturated carbocycles. The van der Waals surface area contributed by atoms with E-state index in [-0.39, 0.29) is 0 Å². The minimum absolute atomic E-state index is 0.924. The van der Waals surface area contributed by atoms with E-state index in [2.05, 4.69) is 37.3 Å². The van der Waals surface area contributed by atoms with Gasteiger partial charge in [0.1, 0.15) is 0 Å². The first-order chi connectivity index (χ1) is 12.8. The van der Waals surface area contributed by atoms with E-state index in [9.17, 15) is 0 Å². The Morgan fingerprint density at radius 1 is 0.923 bits per heavy atom. The Morgan fingerprint density at radius 2 is 1.58 bits per heavy atom. The van der Waals surface area contributed by atoms with Crippen LogP contribution in [0.2, 0.25) is 0 Å². The topological polar surface area (TPSA) is 23.8 Å². The van der Waals surface area contributed by atoms with E-state index in [1.54, 1.807) is 0 Å². The van der Waals surface area contributed by atoms with Crippen molar-refractivity contribution >= 4 is 0 Å². The monoisotopic (exact) mass is 349 g/mol. The number of aryl methyl sites for hydroxylation is 2. The van der Waals surface area contributed by atoms with Crippen molar-refractivity contribution in [1.29, 1.82) is 5.26 Å². The molecule has 0 aromatic heterocycles. The summed E-state index contributed by atoms with van der Waals surface area (Å²) in [6, 6.07) is 11.2. The van der Waals surface area contributed by atoms with Crippen molar-refractivity contribution in [2.24, 2.45) is 11.8 Å². The molecule has 1 nitrogen and oxygen atoms in total. The number of nitrogens with zero attached hydrogens (tertiary/aromatic N) is 1. The lowest BCUT2D eigenvalue weighted by Crippen LogP contribution is -2.14. The quantitative estimate of drug-likeness (QED) is 0.249. The Labute approximate surface area is 160 Å². The average molecular weight is 350 g/mol. The van der Waals surface area contributed by atoms with Crippen LogP contribution in [0.4, 0.5) is 0 Å². The Kier molecular flexibility index (Phi) is 9.88. The zero-order chi connectivity index (χ0) is 18.5. The van der Waals surface area contributed by atoms with Crippen LogP contribution in [0.3, 0.4) is 0 Å². The van der Waals surface area contributed by atoms with Crippen LogP contribution < -0.4 is 0 Å². The molecule has 1 aromatic carbocycles. The van der Waals surface area contributed by atoms with Crippen molar-refractivity contribution in [3.63, 3.8) is 0 Å². The maximum Gasteiger partial charge on any atom is 0.0912 e. The second kappa shape index (κ2) is 12.5. The van der Waals surface area contributed by atoms with Gasteiger partial charge in [-0.1, -0.05) is 87.9 Å². The minimum Gasteiger partial charge on any atom is -0.193 e. The second-order valence-electron chi connectivity index (χ2n) is 7.80. The lowest BCUT2D eigenvalue weighted by Gasteiger charge is -2.28. The minimum atomic E-state index is 0.924. The summed E-state index contributed by atoms with van der Waals surface area (Å²) < 4.78 is 0. The number of allylic oxidation sites excluding steroid dienone is 4. The van der Waals surface area contributed by atoms with Gasteiger partial charge in [-0.2, -0.15) is 5.26 Å². The molecule has 0 radical (unpaired) electrons. The molecule has 0 bridgehead atoms. The average Bonchev–Trinajstić information content (AvgIpc) is 2.69. The number of hydrogen-bond donors (Lipinski definition) is 0. The number of nitriles is 1. The molecule has 0 saturated heterocycles. The molecule has 140 valence electrons. The number of benzene rings is 1.